The zero-order valence-electron chi connectivity index (χ0n) is 19.3. The van der Waals surface area contributed by atoms with Crippen LogP contribution >= 0.6 is 11.6 Å². The molecule has 3 aromatic rings. The molecule has 0 spiro atoms. The molecular formula is C24H22ClF2N5O4. The van der Waals surface area contributed by atoms with Gasteiger partial charge in [-0.15, -0.1) is 8.78 Å². The second kappa shape index (κ2) is 10.0. The number of ether oxygens (including phenoxy) is 1. The van der Waals surface area contributed by atoms with Crippen LogP contribution in [-0.2, 0) is 6.54 Å². The molecule has 2 aromatic heterocycles. The summed E-state index contributed by atoms with van der Waals surface area (Å²) in [5.74, 6) is -0.325. The van der Waals surface area contributed by atoms with Crippen LogP contribution in [0.5, 0.6) is 5.75 Å². The van der Waals surface area contributed by atoms with E-state index in [4.69, 9.17) is 11.6 Å². The first-order valence-corrected chi connectivity index (χ1v) is 11.2. The maximum atomic E-state index is 12.9. The summed E-state index contributed by atoms with van der Waals surface area (Å²) >= 11 is 4.76. The average molecular weight is 518 g/mol. The molecule has 3 heterocycles. The summed E-state index contributed by atoms with van der Waals surface area (Å²) in [6, 6.07) is 8.60. The summed E-state index contributed by atoms with van der Waals surface area (Å²) in [7, 11) is 3.44. The van der Waals surface area contributed by atoms with E-state index in [0.29, 0.717) is 47.0 Å². The molecule has 0 radical (unpaired) electrons. The number of rotatable bonds is 8. The van der Waals surface area contributed by atoms with E-state index >= 15 is 0 Å². The molecule has 1 aliphatic heterocycles. The molecule has 0 unspecified atom stereocenters. The second-order valence-corrected chi connectivity index (χ2v) is 8.59. The summed E-state index contributed by atoms with van der Waals surface area (Å²) < 4.78 is 29.9. The quantitative estimate of drug-likeness (QED) is 0.440. The Balaban J connectivity index is 1.64. The number of benzene rings is 1. The molecule has 9 nitrogen and oxygen atoms in total. The van der Waals surface area contributed by atoms with Gasteiger partial charge in [0, 0.05) is 61.4 Å². The normalized spacial score (nSPS) is 12.9. The Hall–Kier alpha value is -3.83. The molecule has 1 aromatic carbocycles. The number of aliphatic hydroxyl groups excluding tert-OH is 1. The largest absolute Gasteiger partial charge is 0.487 e. The van der Waals surface area contributed by atoms with Gasteiger partial charge in [-0.1, -0.05) is 0 Å². The minimum atomic E-state index is -3.84. The van der Waals surface area contributed by atoms with Gasteiger partial charge in [-0.3, -0.25) is 14.6 Å². The van der Waals surface area contributed by atoms with Gasteiger partial charge < -0.3 is 25.0 Å². The first-order chi connectivity index (χ1) is 17.1. The highest BCUT2D eigenvalue weighted by atomic mass is 35.5. The molecule has 0 aliphatic carbocycles. The zero-order chi connectivity index (χ0) is 26.0. The van der Waals surface area contributed by atoms with Gasteiger partial charge in [-0.25, -0.2) is 4.98 Å². The van der Waals surface area contributed by atoms with Crippen LogP contribution in [0.15, 0.2) is 48.8 Å². The standard InChI is InChI=1S/C24H22ClF2N5O4/c1-31(7-8-33)21-18(14-9-19-20(28-11-14)13-32(2)23(19)35)10-15(12-29-21)22(34)30-16-3-5-17(6-4-16)36-24(25,26)27/h3-6,9-12,33H,7-8,13H2,1-2H3,(H,30,34). The van der Waals surface area contributed by atoms with E-state index in [9.17, 15) is 23.5 Å². The number of hydrogen-bond acceptors (Lipinski definition) is 7. The third-order valence-electron chi connectivity index (χ3n) is 5.52. The Morgan fingerprint density at radius 2 is 1.94 bits per heavy atom. The predicted molar refractivity (Wildman–Crippen MR) is 129 cm³/mol. The molecule has 4 rings (SSSR count). The fraction of sp³-hybridized carbons (Fsp3) is 0.250. The monoisotopic (exact) mass is 517 g/mol. The number of amides is 2. The van der Waals surface area contributed by atoms with Crippen molar-refractivity contribution in [3.63, 3.8) is 0 Å². The SMILES string of the molecule is CN1Cc2ncc(-c3cc(C(=O)Nc4ccc(OC(F)(F)Cl)cc4)cnc3N(C)CCO)cc2C1=O. The Bertz CT molecular complexity index is 1300. The van der Waals surface area contributed by atoms with E-state index in [1.807, 2.05) is 0 Å². The Labute approximate surface area is 210 Å². The first kappa shape index (κ1) is 25.3. The van der Waals surface area contributed by atoms with Crippen LogP contribution in [0.4, 0.5) is 20.3 Å². The lowest BCUT2D eigenvalue weighted by molar-refractivity contribution is -0.0964. The number of aliphatic hydroxyl groups is 1. The number of nitrogens with zero attached hydrogens (tertiary/aromatic N) is 4. The van der Waals surface area contributed by atoms with Crippen molar-refractivity contribution in [1.29, 1.82) is 0 Å². The molecule has 188 valence electrons. The van der Waals surface area contributed by atoms with Gasteiger partial charge in [0.15, 0.2) is 0 Å². The number of likely N-dealkylation sites (N-methyl/N-ethyl adjacent to an activating group) is 1. The van der Waals surface area contributed by atoms with Crippen LogP contribution in [0.25, 0.3) is 11.1 Å². The van der Waals surface area contributed by atoms with Gasteiger partial charge in [0.1, 0.15) is 11.6 Å². The minimum absolute atomic E-state index is 0.110. The van der Waals surface area contributed by atoms with Crippen molar-refractivity contribution >= 4 is 34.9 Å². The second-order valence-electron chi connectivity index (χ2n) is 8.15. The van der Waals surface area contributed by atoms with Crippen molar-refractivity contribution in [2.24, 2.45) is 0 Å². The third-order valence-corrected chi connectivity index (χ3v) is 5.59. The van der Waals surface area contributed by atoms with E-state index in [1.54, 1.807) is 42.2 Å². The van der Waals surface area contributed by atoms with Crippen molar-refractivity contribution in [2.45, 2.75) is 12.1 Å². The molecule has 2 amide bonds. The molecule has 0 fully saturated rings. The maximum absolute atomic E-state index is 12.9. The number of hydrogen-bond donors (Lipinski definition) is 2. The Morgan fingerprint density at radius 1 is 1.22 bits per heavy atom. The summed E-state index contributed by atoms with van der Waals surface area (Å²) in [5, 5.41) is 12.1. The van der Waals surface area contributed by atoms with E-state index in [2.05, 4.69) is 20.0 Å². The van der Waals surface area contributed by atoms with Crippen molar-refractivity contribution in [3.05, 3.63) is 65.6 Å². The highest BCUT2D eigenvalue weighted by Gasteiger charge is 2.28. The van der Waals surface area contributed by atoms with E-state index in [-0.39, 0.29) is 23.8 Å². The Morgan fingerprint density at radius 3 is 2.61 bits per heavy atom. The molecule has 0 atom stereocenters. The number of carbonyl (C=O) groups excluding carboxylic acids is 2. The summed E-state index contributed by atoms with van der Waals surface area (Å²) in [6.07, 6.45) is 3.00. The van der Waals surface area contributed by atoms with Gasteiger partial charge in [-0.05, 0) is 36.4 Å². The van der Waals surface area contributed by atoms with Crippen LogP contribution in [0, 0.1) is 0 Å². The Kier molecular flexibility index (Phi) is 7.04. The topological polar surface area (TPSA) is 108 Å². The number of anilines is 2. The molecule has 0 bridgehead atoms. The summed E-state index contributed by atoms with van der Waals surface area (Å²) in [5.41, 5.74) is -1.02. The molecule has 1 aliphatic rings. The lowest BCUT2D eigenvalue weighted by Gasteiger charge is -2.21. The molecule has 36 heavy (non-hydrogen) atoms. The smallest absolute Gasteiger partial charge is 0.420 e. The number of alkyl halides is 3. The molecule has 0 saturated carbocycles. The van der Waals surface area contributed by atoms with Gasteiger partial charge in [0.2, 0.25) is 0 Å². The third kappa shape index (κ3) is 5.52. The van der Waals surface area contributed by atoms with Crippen molar-refractivity contribution < 1.29 is 28.2 Å². The van der Waals surface area contributed by atoms with Crippen LogP contribution in [0.3, 0.4) is 0 Å². The highest BCUT2D eigenvalue weighted by Crippen LogP contribution is 2.32. The zero-order valence-corrected chi connectivity index (χ0v) is 20.1. The van der Waals surface area contributed by atoms with Gasteiger partial charge in [0.05, 0.1) is 30.0 Å². The van der Waals surface area contributed by atoms with Crippen molar-refractivity contribution in [3.8, 4) is 16.9 Å². The maximum Gasteiger partial charge on any atom is 0.487 e. The predicted octanol–water partition coefficient (Wildman–Crippen LogP) is 3.58. The number of pyridine rings is 2. The van der Waals surface area contributed by atoms with Gasteiger partial charge in [-0.2, -0.15) is 0 Å². The summed E-state index contributed by atoms with van der Waals surface area (Å²) in [4.78, 5) is 37.6. The average Bonchev–Trinajstić information content (AvgIpc) is 3.12. The minimum Gasteiger partial charge on any atom is -0.420 e. The van der Waals surface area contributed by atoms with Crippen LogP contribution in [-0.4, -0.2) is 64.6 Å². The van der Waals surface area contributed by atoms with E-state index in [1.165, 1.54) is 30.5 Å². The lowest BCUT2D eigenvalue weighted by Crippen LogP contribution is -2.23. The molecule has 0 saturated heterocycles. The van der Waals surface area contributed by atoms with Crippen LogP contribution in [0.1, 0.15) is 26.4 Å². The van der Waals surface area contributed by atoms with Crippen molar-refractivity contribution in [1.82, 2.24) is 14.9 Å². The summed E-state index contributed by atoms with van der Waals surface area (Å²) in [6.45, 7) is 0.598. The molecule has 2 N–H and O–H groups in total. The fourth-order valence-corrected chi connectivity index (χ4v) is 3.84. The van der Waals surface area contributed by atoms with Crippen LogP contribution < -0.4 is 15.0 Å². The molecular weight excluding hydrogens is 496 g/mol. The fourth-order valence-electron chi connectivity index (χ4n) is 3.75. The number of aromatic nitrogens is 2. The number of halogens is 3. The van der Waals surface area contributed by atoms with Gasteiger partial charge in [0.25, 0.3) is 11.8 Å². The van der Waals surface area contributed by atoms with Crippen molar-refractivity contribution in [2.75, 3.05) is 37.5 Å². The molecule has 12 heteroatoms. The first-order valence-electron chi connectivity index (χ1n) is 10.8. The number of carbonyl (C=O) groups is 2. The van der Waals surface area contributed by atoms with Crippen LogP contribution in [0.2, 0.25) is 0 Å². The van der Waals surface area contributed by atoms with E-state index < -0.39 is 11.5 Å². The number of nitrogens with one attached hydrogen (secondary N) is 1. The van der Waals surface area contributed by atoms with E-state index in [0.717, 1.165) is 0 Å². The van der Waals surface area contributed by atoms with Gasteiger partial charge >= 0.3 is 5.57 Å². The number of fused-ring (bicyclic) bond motifs is 1. The highest BCUT2D eigenvalue weighted by molar-refractivity contribution is 6.20. The lowest BCUT2D eigenvalue weighted by atomic mass is 10.0.